The fraction of sp³-hybridized carbons (Fsp3) is 0.619. The molecule has 0 aliphatic rings. The third-order valence-electron chi connectivity index (χ3n) is 4.61. The normalized spacial score (nSPS) is 11.2. The van der Waals surface area contributed by atoms with E-state index in [4.69, 9.17) is 4.74 Å². The first-order valence-electron chi connectivity index (χ1n) is 10.1. The molecule has 2 N–H and O–H groups in total. The van der Waals surface area contributed by atoms with Crippen molar-refractivity contribution in [3.63, 3.8) is 0 Å². The minimum atomic E-state index is 0. The number of carbonyl (C=O) groups excluding carboxylic acids is 1. The molecule has 1 aromatic carbocycles. The molecule has 0 saturated carbocycles. The number of nitrogens with zero attached hydrogens (tertiary/aromatic N) is 3. The summed E-state index contributed by atoms with van der Waals surface area (Å²) in [5.74, 6) is 0.852. The standard InChI is InChI=1S/C21H37N5O2.HI/c1-6-26(7-2)20(27)19-11-9-18(10-12-19)17-24-21(22-3)23-13-15-25(4)14-8-16-28-5;/h9-12H,6-8,13-17H2,1-5H3,(H2,22,23,24);1H. The maximum absolute atomic E-state index is 12.4. The Morgan fingerprint density at radius 3 is 2.31 bits per heavy atom. The number of ether oxygens (including phenoxy) is 1. The van der Waals surface area contributed by atoms with E-state index in [0.29, 0.717) is 6.54 Å². The molecule has 0 fully saturated rings. The largest absolute Gasteiger partial charge is 0.385 e. The van der Waals surface area contributed by atoms with Gasteiger partial charge in [-0.25, -0.2) is 0 Å². The number of hydrogen-bond donors (Lipinski definition) is 2. The number of hydrogen-bond acceptors (Lipinski definition) is 4. The molecule has 0 aromatic heterocycles. The number of aliphatic imine (C=N–C) groups is 1. The van der Waals surface area contributed by atoms with Crippen molar-refractivity contribution in [2.45, 2.75) is 26.8 Å². The Balaban J connectivity index is 0.00000784. The number of likely N-dealkylation sites (N-methyl/N-ethyl adjacent to an activating group) is 1. The highest BCUT2D eigenvalue weighted by molar-refractivity contribution is 14.0. The van der Waals surface area contributed by atoms with Crippen LogP contribution in [0.3, 0.4) is 0 Å². The van der Waals surface area contributed by atoms with E-state index in [0.717, 1.165) is 62.8 Å². The van der Waals surface area contributed by atoms with E-state index in [1.54, 1.807) is 14.2 Å². The first-order valence-corrected chi connectivity index (χ1v) is 10.1. The van der Waals surface area contributed by atoms with Gasteiger partial charge in [0, 0.05) is 65.6 Å². The van der Waals surface area contributed by atoms with Crippen LogP contribution in [0.15, 0.2) is 29.3 Å². The van der Waals surface area contributed by atoms with Gasteiger partial charge in [-0.2, -0.15) is 0 Å². The van der Waals surface area contributed by atoms with Crippen molar-refractivity contribution in [2.75, 3.05) is 60.5 Å². The van der Waals surface area contributed by atoms with Gasteiger partial charge < -0.3 is 25.2 Å². The monoisotopic (exact) mass is 519 g/mol. The molecule has 8 heteroatoms. The summed E-state index contributed by atoms with van der Waals surface area (Å²) in [6, 6.07) is 7.76. The number of methoxy groups -OCH3 is 1. The Morgan fingerprint density at radius 1 is 1.10 bits per heavy atom. The molecule has 29 heavy (non-hydrogen) atoms. The summed E-state index contributed by atoms with van der Waals surface area (Å²) in [5, 5.41) is 6.64. The average molecular weight is 519 g/mol. The van der Waals surface area contributed by atoms with Crippen molar-refractivity contribution in [2.24, 2.45) is 4.99 Å². The Bertz CT molecular complexity index is 591. The molecule has 166 valence electrons. The van der Waals surface area contributed by atoms with Crippen LogP contribution in [0.4, 0.5) is 0 Å². The number of amides is 1. The van der Waals surface area contributed by atoms with Gasteiger partial charge in [0.2, 0.25) is 0 Å². The average Bonchev–Trinajstić information content (AvgIpc) is 2.72. The summed E-state index contributed by atoms with van der Waals surface area (Å²) in [6.07, 6.45) is 1.03. The summed E-state index contributed by atoms with van der Waals surface area (Å²) < 4.78 is 5.08. The highest BCUT2D eigenvalue weighted by Crippen LogP contribution is 2.08. The molecule has 0 atom stereocenters. The molecule has 1 rings (SSSR count). The lowest BCUT2D eigenvalue weighted by Crippen LogP contribution is -2.40. The van der Waals surface area contributed by atoms with Gasteiger partial charge in [-0.3, -0.25) is 9.79 Å². The Labute approximate surface area is 193 Å². The lowest BCUT2D eigenvalue weighted by atomic mass is 10.1. The SMILES string of the molecule is CCN(CC)C(=O)c1ccc(CNC(=NC)NCCN(C)CCCOC)cc1.I. The second-order valence-corrected chi connectivity index (χ2v) is 6.68. The van der Waals surface area contributed by atoms with E-state index < -0.39 is 0 Å². The van der Waals surface area contributed by atoms with Gasteiger partial charge in [-0.15, -0.1) is 24.0 Å². The van der Waals surface area contributed by atoms with Gasteiger partial charge in [-0.1, -0.05) is 12.1 Å². The third-order valence-corrected chi connectivity index (χ3v) is 4.61. The molecular formula is C21H38IN5O2. The maximum atomic E-state index is 12.4. The van der Waals surface area contributed by atoms with Gasteiger partial charge >= 0.3 is 0 Å². The first-order chi connectivity index (χ1) is 13.5. The van der Waals surface area contributed by atoms with Crippen LogP contribution in [0, 0.1) is 0 Å². The molecule has 0 aliphatic heterocycles. The van der Waals surface area contributed by atoms with Crippen LogP contribution < -0.4 is 10.6 Å². The van der Waals surface area contributed by atoms with E-state index in [-0.39, 0.29) is 29.9 Å². The molecule has 7 nitrogen and oxygen atoms in total. The topological polar surface area (TPSA) is 69.2 Å². The molecule has 0 bridgehead atoms. The van der Waals surface area contributed by atoms with E-state index in [2.05, 4.69) is 27.6 Å². The Kier molecular flexibility index (Phi) is 15.6. The van der Waals surface area contributed by atoms with Crippen molar-refractivity contribution in [1.82, 2.24) is 20.4 Å². The highest BCUT2D eigenvalue weighted by atomic mass is 127. The van der Waals surface area contributed by atoms with Crippen LogP contribution in [0.25, 0.3) is 0 Å². The lowest BCUT2D eigenvalue weighted by Gasteiger charge is -2.19. The zero-order chi connectivity index (χ0) is 20.8. The van der Waals surface area contributed by atoms with E-state index in [1.165, 1.54) is 0 Å². The third kappa shape index (κ3) is 10.8. The smallest absolute Gasteiger partial charge is 0.253 e. The molecular weight excluding hydrogens is 481 g/mol. The van der Waals surface area contributed by atoms with Crippen LogP contribution in [0.2, 0.25) is 0 Å². The van der Waals surface area contributed by atoms with Gasteiger partial charge in [-0.05, 0) is 45.0 Å². The van der Waals surface area contributed by atoms with Crippen LogP contribution in [-0.4, -0.2) is 82.2 Å². The van der Waals surface area contributed by atoms with E-state index >= 15 is 0 Å². The fourth-order valence-corrected chi connectivity index (χ4v) is 2.82. The summed E-state index contributed by atoms with van der Waals surface area (Å²) in [5.41, 5.74) is 1.84. The number of benzene rings is 1. The summed E-state index contributed by atoms with van der Waals surface area (Å²) in [6.45, 7) is 9.66. The predicted octanol–water partition coefficient (Wildman–Crippen LogP) is 2.42. The van der Waals surface area contributed by atoms with Crippen LogP contribution in [0.1, 0.15) is 36.2 Å². The first kappa shape index (κ1) is 27.6. The lowest BCUT2D eigenvalue weighted by molar-refractivity contribution is 0.0773. The van der Waals surface area contributed by atoms with Gasteiger partial charge in [0.1, 0.15) is 0 Å². The van der Waals surface area contributed by atoms with Gasteiger partial charge in [0.15, 0.2) is 5.96 Å². The number of guanidine groups is 1. The highest BCUT2D eigenvalue weighted by Gasteiger charge is 2.11. The number of rotatable bonds is 12. The van der Waals surface area contributed by atoms with Gasteiger partial charge in [0.05, 0.1) is 0 Å². The summed E-state index contributed by atoms with van der Waals surface area (Å²) in [4.78, 5) is 20.7. The quantitative estimate of drug-likeness (QED) is 0.192. The second-order valence-electron chi connectivity index (χ2n) is 6.68. The van der Waals surface area contributed by atoms with Crippen LogP contribution >= 0.6 is 24.0 Å². The van der Waals surface area contributed by atoms with E-state index in [1.807, 2.05) is 43.0 Å². The van der Waals surface area contributed by atoms with Crippen LogP contribution in [-0.2, 0) is 11.3 Å². The molecule has 0 saturated heterocycles. The fourth-order valence-electron chi connectivity index (χ4n) is 2.82. The van der Waals surface area contributed by atoms with Gasteiger partial charge in [0.25, 0.3) is 5.91 Å². The number of carbonyl (C=O) groups is 1. The summed E-state index contributed by atoms with van der Waals surface area (Å²) >= 11 is 0. The van der Waals surface area contributed by atoms with Crippen molar-refractivity contribution >= 4 is 35.8 Å². The minimum Gasteiger partial charge on any atom is -0.385 e. The zero-order valence-corrected chi connectivity index (χ0v) is 20.9. The molecule has 0 heterocycles. The molecule has 1 amide bonds. The van der Waals surface area contributed by atoms with Crippen molar-refractivity contribution in [3.05, 3.63) is 35.4 Å². The minimum absolute atomic E-state index is 0. The second kappa shape index (κ2) is 16.4. The molecule has 0 unspecified atom stereocenters. The van der Waals surface area contributed by atoms with Crippen LogP contribution in [0.5, 0.6) is 0 Å². The van der Waals surface area contributed by atoms with Crippen molar-refractivity contribution < 1.29 is 9.53 Å². The number of nitrogens with one attached hydrogen (secondary N) is 2. The number of halogens is 1. The Morgan fingerprint density at radius 2 is 1.76 bits per heavy atom. The molecule has 0 aliphatic carbocycles. The molecule has 1 aromatic rings. The molecule has 0 spiro atoms. The Hall–Kier alpha value is -1.39. The summed E-state index contributed by atoms with van der Waals surface area (Å²) in [7, 11) is 5.60. The predicted molar refractivity (Wildman–Crippen MR) is 131 cm³/mol. The molecule has 0 radical (unpaired) electrons. The van der Waals surface area contributed by atoms with E-state index in [9.17, 15) is 4.79 Å². The van der Waals surface area contributed by atoms with Crippen molar-refractivity contribution in [3.8, 4) is 0 Å². The maximum Gasteiger partial charge on any atom is 0.253 e. The van der Waals surface area contributed by atoms with Crippen molar-refractivity contribution in [1.29, 1.82) is 0 Å². The zero-order valence-electron chi connectivity index (χ0n) is 18.5.